The first kappa shape index (κ1) is 23.2. The van der Waals surface area contributed by atoms with Crippen molar-refractivity contribution >= 4 is 23.2 Å². The standard InChI is InChI=1S/C25H30N6O3/c1-6-30(7-2)18-10-8-17(9-11-18)23-22(16(3)28-25-26-15-27-31(23)25)24(32)29-20-14-19(33-4)12-13-21(20)34-5/h8-15,23H,6-7H2,1-5H3,(H,29,32)(H,26,27,28)/t23-/m0/s1. The molecule has 0 spiro atoms. The number of anilines is 3. The van der Waals surface area contributed by atoms with Crippen LogP contribution in [0.2, 0.25) is 0 Å². The lowest BCUT2D eigenvalue weighted by Crippen LogP contribution is -2.31. The molecule has 0 unspecified atom stereocenters. The summed E-state index contributed by atoms with van der Waals surface area (Å²) in [4.78, 5) is 20.2. The van der Waals surface area contributed by atoms with Gasteiger partial charge in [0.05, 0.1) is 25.5 Å². The summed E-state index contributed by atoms with van der Waals surface area (Å²) in [6, 6.07) is 13.1. The molecule has 0 fully saturated rings. The Kier molecular flexibility index (Phi) is 6.72. The van der Waals surface area contributed by atoms with Gasteiger partial charge >= 0.3 is 0 Å². The molecule has 1 atom stereocenters. The number of rotatable bonds is 8. The third kappa shape index (κ3) is 4.28. The molecule has 178 valence electrons. The number of hydrogen-bond donors (Lipinski definition) is 2. The van der Waals surface area contributed by atoms with E-state index in [-0.39, 0.29) is 5.91 Å². The van der Waals surface area contributed by atoms with Gasteiger partial charge in [-0.3, -0.25) is 4.79 Å². The van der Waals surface area contributed by atoms with Gasteiger partial charge in [-0.1, -0.05) is 12.1 Å². The van der Waals surface area contributed by atoms with E-state index in [1.165, 1.54) is 6.33 Å². The zero-order chi connectivity index (χ0) is 24.2. The molecule has 34 heavy (non-hydrogen) atoms. The van der Waals surface area contributed by atoms with Gasteiger partial charge in [-0.05, 0) is 50.6 Å². The van der Waals surface area contributed by atoms with Gasteiger partial charge in [0.15, 0.2) is 0 Å². The highest BCUT2D eigenvalue weighted by Gasteiger charge is 2.33. The molecule has 0 aliphatic carbocycles. The molecule has 4 rings (SSSR count). The third-order valence-corrected chi connectivity index (χ3v) is 6.03. The van der Waals surface area contributed by atoms with Crippen LogP contribution in [0.1, 0.15) is 32.4 Å². The number of allylic oxidation sites excluding steroid dienone is 1. The van der Waals surface area contributed by atoms with Crippen molar-refractivity contribution in [2.45, 2.75) is 26.8 Å². The number of aromatic nitrogens is 3. The smallest absolute Gasteiger partial charge is 0.255 e. The highest BCUT2D eigenvalue weighted by Crippen LogP contribution is 2.37. The summed E-state index contributed by atoms with van der Waals surface area (Å²) < 4.78 is 12.5. The van der Waals surface area contributed by atoms with Crippen molar-refractivity contribution in [2.24, 2.45) is 0 Å². The Balaban J connectivity index is 1.73. The number of amides is 1. The number of ether oxygens (including phenoxy) is 2. The van der Waals surface area contributed by atoms with Crippen LogP contribution in [0, 0.1) is 0 Å². The molecule has 9 heteroatoms. The summed E-state index contributed by atoms with van der Waals surface area (Å²) in [5, 5.41) is 10.6. The maximum absolute atomic E-state index is 13.7. The minimum Gasteiger partial charge on any atom is -0.497 e. The van der Waals surface area contributed by atoms with Crippen LogP contribution >= 0.6 is 0 Å². The zero-order valence-electron chi connectivity index (χ0n) is 20.1. The van der Waals surface area contributed by atoms with Crippen LogP contribution in [-0.4, -0.2) is 48.0 Å². The number of nitrogens with zero attached hydrogens (tertiary/aromatic N) is 4. The summed E-state index contributed by atoms with van der Waals surface area (Å²) in [5.41, 5.74) is 3.84. The van der Waals surface area contributed by atoms with E-state index in [0.29, 0.717) is 34.4 Å². The van der Waals surface area contributed by atoms with Crippen LogP contribution < -0.4 is 25.0 Å². The van der Waals surface area contributed by atoms with Crippen molar-refractivity contribution < 1.29 is 14.3 Å². The van der Waals surface area contributed by atoms with Crippen molar-refractivity contribution in [3.8, 4) is 11.5 Å². The molecule has 2 aromatic carbocycles. The second-order valence-corrected chi connectivity index (χ2v) is 7.88. The molecule has 2 heterocycles. The van der Waals surface area contributed by atoms with E-state index in [1.807, 2.05) is 19.1 Å². The Morgan fingerprint density at radius 2 is 1.85 bits per heavy atom. The second-order valence-electron chi connectivity index (χ2n) is 7.88. The molecule has 0 radical (unpaired) electrons. The van der Waals surface area contributed by atoms with Gasteiger partial charge in [-0.25, -0.2) is 4.68 Å². The topological polar surface area (TPSA) is 93.5 Å². The molecular weight excluding hydrogens is 432 g/mol. The number of nitrogens with one attached hydrogen (secondary N) is 2. The highest BCUT2D eigenvalue weighted by molar-refractivity contribution is 6.06. The summed E-state index contributed by atoms with van der Waals surface area (Å²) in [7, 11) is 3.14. The first-order valence-corrected chi connectivity index (χ1v) is 11.3. The zero-order valence-corrected chi connectivity index (χ0v) is 20.1. The Labute approximate surface area is 199 Å². The van der Waals surface area contributed by atoms with Crippen LogP contribution in [-0.2, 0) is 4.79 Å². The maximum Gasteiger partial charge on any atom is 0.255 e. The van der Waals surface area contributed by atoms with Crippen LogP contribution in [0.4, 0.5) is 17.3 Å². The van der Waals surface area contributed by atoms with Gasteiger partial charge in [0.2, 0.25) is 5.95 Å². The fourth-order valence-electron chi connectivity index (χ4n) is 4.25. The van der Waals surface area contributed by atoms with Gasteiger partial charge in [0, 0.05) is 30.5 Å². The summed E-state index contributed by atoms with van der Waals surface area (Å²) in [6.45, 7) is 7.98. The van der Waals surface area contributed by atoms with Gasteiger partial charge in [-0.2, -0.15) is 10.1 Å². The Bertz CT molecular complexity index is 1200. The Morgan fingerprint density at radius 3 is 2.50 bits per heavy atom. The average molecular weight is 463 g/mol. The van der Waals surface area contributed by atoms with E-state index in [2.05, 4.69) is 51.6 Å². The Morgan fingerprint density at radius 1 is 1.12 bits per heavy atom. The van der Waals surface area contributed by atoms with Crippen molar-refractivity contribution in [3.63, 3.8) is 0 Å². The molecule has 0 saturated carbocycles. The first-order chi connectivity index (χ1) is 16.5. The van der Waals surface area contributed by atoms with E-state index in [0.717, 1.165) is 24.3 Å². The number of hydrogen-bond acceptors (Lipinski definition) is 7. The predicted molar refractivity (Wildman–Crippen MR) is 133 cm³/mol. The SMILES string of the molecule is CCN(CC)c1ccc([C@H]2C(C(=O)Nc3cc(OC)ccc3OC)=C(C)Nc3ncnn32)cc1. The molecule has 2 N–H and O–H groups in total. The number of carbonyl (C=O) groups excluding carboxylic acids is 1. The third-order valence-electron chi connectivity index (χ3n) is 6.03. The van der Waals surface area contributed by atoms with Crippen molar-refractivity contribution in [2.75, 3.05) is 42.8 Å². The molecule has 0 saturated heterocycles. The lowest BCUT2D eigenvalue weighted by atomic mass is 9.94. The first-order valence-electron chi connectivity index (χ1n) is 11.3. The largest absolute Gasteiger partial charge is 0.497 e. The van der Waals surface area contributed by atoms with Gasteiger partial charge < -0.3 is 25.0 Å². The fourth-order valence-corrected chi connectivity index (χ4v) is 4.25. The molecule has 3 aromatic rings. The molecule has 0 bridgehead atoms. The van der Waals surface area contributed by atoms with Crippen molar-refractivity contribution in [3.05, 3.63) is 65.6 Å². The van der Waals surface area contributed by atoms with Crippen LogP contribution in [0.25, 0.3) is 0 Å². The maximum atomic E-state index is 13.7. The van der Waals surface area contributed by atoms with E-state index in [1.54, 1.807) is 37.1 Å². The number of fused-ring (bicyclic) bond motifs is 1. The van der Waals surface area contributed by atoms with Crippen LogP contribution in [0.15, 0.2) is 60.1 Å². The minimum absolute atomic E-state index is 0.268. The number of carbonyl (C=O) groups is 1. The summed E-state index contributed by atoms with van der Waals surface area (Å²) in [6.07, 6.45) is 1.48. The van der Waals surface area contributed by atoms with E-state index in [4.69, 9.17) is 9.47 Å². The summed E-state index contributed by atoms with van der Waals surface area (Å²) in [5.74, 6) is 1.48. The van der Waals surface area contributed by atoms with E-state index >= 15 is 0 Å². The quantitative estimate of drug-likeness (QED) is 0.521. The van der Waals surface area contributed by atoms with E-state index < -0.39 is 6.04 Å². The number of benzene rings is 2. The van der Waals surface area contributed by atoms with Gasteiger partial charge in [0.1, 0.15) is 23.9 Å². The highest BCUT2D eigenvalue weighted by atomic mass is 16.5. The van der Waals surface area contributed by atoms with Crippen molar-refractivity contribution in [1.29, 1.82) is 0 Å². The molecule has 1 aliphatic rings. The normalized spacial score (nSPS) is 14.8. The van der Waals surface area contributed by atoms with E-state index in [9.17, 15) is 4.79 Å². The van der Waals surface area contributed by atoms with Crippen LogP contribution in [0.3, 0.4) is 0 Å². The number of methoxy groups -OCH3 is 2. The molecule has 9 nitrogen and oxygen atoms in total. The summed E-state index contributed by atoms with van der Waals surface area (Å²) >= 11 is 0. The minimum atomic E-state index is -0.443. The predicted octanol–water partition coefficient (Wildman–Crippen LogP) is 4.07. The monoisotopic (exact) mass is 462 g/mol. The molecule has 1 aliphatic heterocycles. The van der Waals surface area contributed by atoms with Gasteiger partial charge in [0.25, 0.3) is 5.91 Å². The second kappa shape index (κ2) is 9.86. The van der Waals surface area contributed by atoms with Crippen LogP contribution in [0.5, 0.6) is 11.5 Å². The fraction of sp³-hybridized carbons (Fsp3) is 0.320. The lowest BCUT2D eigenvalue weighted by molar-refractivity contribution is -0.113. The van der Waals surface area contributed by atoms with Gasteiger partial charge in [-0.15, -0.1) is 0 Å². The van der Waals surface area contributed by atoms with Crippen molar-refractivity contribution in [1.82, 2.24) is 14.8 Å². The Hall–Kier alpha value is -4.01. The molecule has 1 aromatic heterocycles. The average Bonchev–Trinajstić information content (AvgIpc) is 3.32. The lowest BCUT2D eigenvalue weighted by Gasteiger charge is -2.29. The molecular formula is C25H30N6O3. The molecule has 1 amide bonds.